The van der Waals surface area contributed by atoms with E-state index < -0.39 is 41.4 Å². The van der Waals surface area contributed by atoms with Crippen LogP contribution in [0.5, 0.6) is 5.75 Å². The van der Waals surface area contributed by atoms with Crippen molar-refractivity contribution in [3.8, 4) is 5.75 Å². The number of thioether (sulfide) groups is 1. The van der Waals surface area contributed by atoms with Crippen molar-refractivity contribution in [3.05, 3.63) is 29.3 Å². The smallest absolute Gasteiger partial charge is 0.315 e. The Morgan fingerprint density at radius 1 is 0.837 bits per heavy atom. The van der Waals surface area contributed by atoms with Gasteiger partial charge >= 0.3 is 12.0 Å². The lowest BCUT2D eigenvalue weighted by molar-refractivity contribution is -0.136. The maximum atomic E-state index is 13.5. The number of benzene rings is 1. The molecule has 3 atom stereocenters. The van der Waals surface area contributed by atoms with Crippen molar-refractivity contribution in [3.63, 3.8) is 0 Å². The molecule has 2 heterocycles. The summed E-state index contributed by atoms with van der Waals surface area (Å²) in [5, 5.41) is 9.12. The standard InChI is InChI=1S/C27H37F4N3O8S/c28-17-15-18(29)24(31)26(23(17)30)42-22(36)5-7-38-9-11-40-13-14-41-12-10-39-8-6-32-21(35)4-2-1-3-20-25-19(16-43-20)33-27(37)34-25/h15,19-20,25H,1-14,16H2,(H,32,35)(H2,33,34,37)/t19-,20+,25-/m1/s1. The number of halogens is 4. The number of hydrogen-bond donors (Lipinski definition) is 3. The lowest BCUT2D eigenvalue weighted by Crippen LogP contribution is -2.36. The first-order valence-corrected chi connectivity index (χ1v) is 15.1. The minimum Gasteiger partial charge on any atom is -0.420 e. The Bertz CT molecular complexity index is 1050. The second-order valence-corrected chi connectivity index (χ2v) is 11.0. The number of ether oxygens (including phenoxy) is 5. The molecular formula is C27H37F4N3O8S. The minimum atomic E-state index is -1.80. The molecule has 11 nitrogen and oxygen atoms in total. The molecule has 1 aromatic rings. The summed E-state index contributed by atoms with van der Waals surface area (Å²) in [6.07, 6.45) is 2.76. The summed E-state index contributed by atoms with van der Waals surface area (Å²) in [7, 11) is 0. The van der Waals surface area contributed by atoms with Crippen molar-refractivity contribution in [2.45, 2.75) is 49.4 Å². The lowest BCUT2D eigenvalue weighted by Gasteiger charge is -2.16. The number of amides is 3. The van der Waals surface area contributed by atoms with Gasteiger partial charge in [0.15, 0.2) is 11.6 Å². The molecule has 43 heavy (non-hydrogen) atoms. The Kier molecular flexibility index (Phi) is 15.3. The first-order valence-electron chi connectivity index (χ1n) is 14.1. The largest absolute Gasteiger partial charge is 0.420 e. The van der Waals surface area contributed by atoms with Crippen LogP contribution < -0.4 is 20.7 Å². The van der Waals surface area contributed by atoms with E-state index in [2.05, 4.69) is 20.7 Å². The van der Waals surface area contributed by atoms with Gasteiger partial charge < -0.3 is 39.6 Å². The van der Waals surface area contributed by atoms with Crippen LogP contribution in [0.25, 0.3) is 0 Å². The van der Waals surface area contributed by atoms with Crippen LogP contribution in [-0.4, -0.2) is 100 Å². The number of fused-ring (bicyclic) bond motifs is 1. The van der Waals surface area contributed by atoms with E-state index in [1.54, 1.807) is 0 Å². The van der Waals surface area contributed by atoms with Gasteiger partial charge in [-0.25, -0.2) is 13.6 Å². The van der Waals surface area contributed by atoms with Crippen LogP contribution in [0.3, 0.4) is 0 Å². The van der Waals surface area contributed by atoms with Crippen LogP contribution in [0, 0.1) is 23.3 Å². The molecule has 0 saturated carbocycles. The monoisotopic (exact) mass is 639 g/mol. The molecule has 3 rings (SSSR count). The van der Waals surface area contributed by atoms with E-state index >= 15 is 0 Å². The first kappa shape index (κ1) is 34.8. The SMILES string of the molecule is O=C(CCCC[C@@H]1SC[C@H]2NC(=O)N[C@@H]12)NCCOCCOCCOCCOCCC(=O)Oc1c(F)c(F)cc(F)c1F. The molecule has 2 aliphatic rings. The highest BCUT2D eigenvalue weighted by atomic mass is 32.2. The molecule has 242 valence electrons. The maximum Gasteiger partial charge on any atom is 0.315 e. The van der Waals surface area contributed by atoms with Gasteiger partial charge in [0, 0.05) is 30.0 Å². The number of rotatable bonds is 21. The fourth-order valence-electron chi connectivity index (χ4n) is 4.35. The summed E-state index contributed by atoms with van der Waals surface area (Å²) in [5.74, 6) is -8.58. The predicted octanol–water partition coefficient (Wildman–Crippen LogP) is 2.45. The number of carbonyl (C=O) groups is 3. The van der Waals surface area contributed by atoms with Gasteiger partial charge in [-0.3, -0.25) is 9.59 Å². The number of urea groups is 1. The summed E-state index contributed by atoms with van der Waals surface area (Å²) < 4.78 is 78.9. The van der Waals surface area contributed by atoms with Crippen LogP contribution in [0.15, 0.2) is 6.07 Å². The molecule has 3 N–H and O–H groups in total. The van der Waals surface area contributed by atoms with Crippen LogP contribution in [-0.2, 0) is 28.5 Å². The zero-order valence-electron chi connectivity index (χ0n) is 23.6. The number of esters is 1. The molecule has 0 bridgehead atoms. The van der Waals surface area contributed by atoms with Crippen LogP contribution in [0.1, 0.15) is 32.1 Å². The molecule has 3 amide bonds. The van der Waals surface area contributed by atoms with E-state index in [1.165, 1.54) is 0 Å². The van der Waals surface area contributed by atoms with Gasteiger partial charge in [-0.2, -0.15) is 20.5 Å². The molecule has 0 aliphatic carbocycles. The fourth-order valence-corrected chi connectivity index (χ4v) is 5.89. The molecule has 1 aromatic carbocycles. The van der Waals surface area contributed by atoms with Gasteiger partial charge in [-0.1, -0.05) is 6.42 Å². The van der Waals surface area contributed by atoms with Crippen LogP contribution >= 0.6 is 11.8 Å². The maximum absolute atomic E-state index is 13.5. The highest BCUT2D eigenvalue weighted by Gasteiger charge is 2.42. The third kappa shape index (κ3) is 12.1. The van der Waals surface area contributed by atoms with Gasteiger partial charge in [0.1, 0.15) is 0 Å². The van der Waals surface area contributed by atoms with Crippen molar-refractivity contribution < 1.29 is 55.6 Å². The molecule has 2 saturated heterocycles. The third-order valence-corrected chi connectivity index (χ3v) is 8.01. The zero-order chi connectivity index (χ0) is 31.0. The van der Waals surface area contributed by atoms with E-state index in [9.17, 15) is 31.9 Å². The van der Waals surface area contributed by atoms with Crippen molar-refractivity contribution in [1.29, 1.82) is 0 Å². The van der Waals surface area contributed by atoms with E-state index in [0.717, 1.165) is 25.0 Å². The molecular weight excluding hydrogens is 602 g/mol. The third-order valence-electron chi connectivity index (χ3n) is 6.50. The Morgan fingerprint density at radius 2 is 1.44 bits per heavy atom. The summed E-state index contributed by atoms with van der Waals surface area (Å²) in [6, 6.07) is 0.331. The second-order valence-electron chi connectivity index (χ2n) is 9.69. The Morgan fingerprint density at radius 3 is 2.09 bits per heavy atom. The fraction of sp³-hybridized carbons (Fsp3) is 0.667. The minimum absolute atomic E-state index is 0.0139. The van der Waals surface area contributed by atoms with E-state index in [-0.39, 0.29) is 56.5 Å². The molecule has 0 unspecified atom stereocenters. The summed E-state index contributed by atoms with van der Waals surface area (Å²) in [6.45, 7) is 2.26. The normalized spacial score (nSPS) is 19.2. The Balaban J connectivity index is 1.04. The van der Waals surface area contributed by atoms with Crippen LogP contribution in [0.2, 0.25) is 0 Å². The Hall–Kier alpha value is -2.66. The van der Waals surface area contributed by atoms with Gasteiger partial charge in [0.2, 0.25) is 23.3 Å². The van der Waals surface area contributed by atoms with Gasteiger partial charge in [0.25, 0.3) is 0 Å². The number of unbranched alkanes of at least 4 members (excludes halogenated alkanes) is 1. The van der Waals surface area contributed by atoms with Gasteiger partial charge in [0.05, 0.1) is 71.4 Å². The number of hydrogen-bond acceptors (Lipinski definition) is 9. The predicted molar refractivity (Wildman–Crippen MR) is 147 cm³/mol. The van der Waals surface area contributed by atoms with Gasteiger partial charge in [-0.15, -0.1) is 0 Å². The molecule has 0 spiro atoms. The van der Waals surface area contributed by atoms with E-state index in [0.29, 0.717) is 44.6 Å². The molecule has 2 fully saturated rings. The van der Waals surface area contributed by atoms with Crippen molar-refractivity contribution >= 4 is 29.7 Å². The summed E-state index contributed by atoms with van der Waals surface area (Å²) in [4.78, 5) is 35.0. The average Bonchev–Trinajstić information content (AvgIpc) is 3.53. The molecule has 16 heteroatoms. The Labute approximate surface area is 251 Å². The van der Waals surface area contributed by atoms with Crippen molar-refractivity contribution in [1.82, 2.24) is 16.0 Å². The first-order chi connectivity index (χ1) is 20.8. The highest BCUT2D eigenvalue weighted by molar-refractivity contribution is 8.00. The van der Waals surface area contributed by atoms with Crippen molar-refractivity contribution in [2.75, 3.05) is 65.2 Å². The molecule has 0 aromatic heterocycles. The average molecular weight is 640 g/mol. The van der Waals surface area contributed by atoms with E-state index in [4.69, 9.17) is 18.9 Å². The second kappa shape index (κ2) is 18.9. The van der Waals surface area contributed by atoms with Crippen molar-refractivity contribution in [2.24, 2.45) is 0 Å². The topological polar surface area (TPSA) is 133 Å². The highest BCUT2D eigenvalue weighted by Crippen LogP contribution is 2.33. The summed E-state index contributed by atoms with van der Waals surface area (Å²) >= 11 is 1.87. The van der Waals surface area contributed by atoms with Gasteiger partial charge in [-0.05, 0) is 12.8 Å². The molecule has 0 radical (unpaired) electrons. The lowest BCUT2D eigenvalue weighted by atomic mass is 10.0. The zero-order valence-corrected chi connectivity index (χ0v) is 24.4. The number of carbonyl (C=O) groups excluding carboxylic acids is 3. The van der Waals surface area contributed by atoms with E-state index in [1.807, 2.05) is 11.8 Å². The van der Waals surface area contributed by atoms with Crippen LogP contribution in [0.4, 0.5) is 22.4 Å². The number of nitrogens with one attached hydrogen (secondary N) is 3. The summed E-state index contributed by atoms with van der Waals surface area (Å²) in [5.41, 5.74) is 0. The molecule has 2 aliphatic heterocycles. The quantitative estimate of drug-likeness (QED) is 0.0463.